The molecule has 7 nitrogen and oxygen atoms in total. The van der Waals surface area contributed by atoms with Crippen molar-refractivity contribution >= 4 is 34.3 Å². The lowest BCUT2D eigenvalue weighted by Crippen LogP contribution is -2.30. The zero-order valence-electron chi connectivity index (χ0n) is 13.9. The van der Waals surface area contributed by atoms with Crippen LogP contribution >= 0.6 is 11.6 Å². The lowest BCUT2D eigenvalue weighted by atomic mass is 10.2. The van der Waals surface area contributed by atoms with Crippen LogP contribution in [0.1, 0.15) is 0 Å². The van der Waals surface area contributed by atoms with Gasteiger partial charge in [-0.2, -0.15) is 0 Å². The molecular formula is C18H12ClFN6O. The van der Waals surface area contributed by atoms with E-state index in [2.05, 4.69) is 24.9 Å². The molecule has 4 heterocycles. The molecule has 0 amide bonds. The van der Waals surface area contributed by atoms with E-state index in [-0.39, 0.29) is 11.4 Å². The molecule has 134 valence electrons. The summed E-state index contributed by atoms with van der Waals surface area (Å²) >= 11 is 6.01. The molecule has 1 N–H and O–H groups in total. The van der Waals surface area contributed by atoms with Gasteiger partial charge in [0.15, 0.2) is 23.0 Å². The first-order chi connectivity index (χ1) is 13.2. The zero-order valence-corrected chi connectivity index (χ0v) is 14.6. The van der Waals surface area contributed by atoms with Crippen LogP contribution in [0.25, 0.3) is 22.6 Å². The summed E-state index contributed by atoms with van der Waals surface area (Å²) in [6.45, 7) is 1.04. The third kappa shape index (κ3) is 2.65. The maximum Gasteiger partial charge on any atom is 0.180 e. The van der Waals surface area contributed by atoms with Crippen molar-refractivity contribution in [2.45, 2.75) is 0 Å². The molecule has 5 rings (SSSR count). The standard InChI is InChI=1S/C18H12ClFN6O/c19-10-1-2-12(20)11(7-10)16-22-8-14-18(25-16)26(5-6-27-14)13-3-4-21-17-15(13)23-9-24-17/h1-4,7-9H,5-6H2,(H,21,23,24). The van der Waals surface area contributed by atoms with E-state index in [0.29, 0.717) is 35.4 Å². The van der Waals surface area contributed by atoms with Crippen molar-refractivity contribution in [2.24, 2.45) is 0 Å². The van der Waals surface area contributed by atoms with E-state index in [1.807, 2.05) is 11.0 Å². The highest BCUT2D eigenvalue weighted by molar-refractivity contribution is 6.30. The number of imidazole rings is 1. The lowest BCUT2D eigenvalue weighted by molar-refractivity contribution is 0.310. The monoisotopic (exact) mass is 382 g/mol. The average Bonchev–Trinajstić information content (AvgIpc) is 3.18. The van der Waals surface area contributed by atoms with Crippen molar-refractivity contribution < 1.29 is 9.13 Å². The minimum Gasteiger partial charge on any atom is -0.486 e. The van der Waals surface area contributed by atoms with Crippen molar-refractivity contribution in [1.82, 2.24) is 24.9 Å². The van der Waals surface area contributed by atoms with Crippen LogP contribution in [0.5, 0.6) is 5.75 Å². The Balaban J connectivity index is 1.67. The van der Waals surface area contributed by atoms with E-state index in [4.69, 9.17) is 16.3 Å². The van der Waals surface area contributed by atoms with E-state index >= 15 is 0 Å². The smallest absolute Gasteiger partial charge is 0.180 e. The number of aromatic nitrogens is 5. The third-order valence-electron chi connectivity index (χ3n) is 4.33. The first-order valence-electron chi connectivity index (χ1n) is 8.21. The van der Waals surface area contributed by atoms with Gasteiger partial charge >= 0.3 is 0 Å². The number of H-pyrrole nitrogens is 1. The number of anilines is 2. The molecule has 0 fully saturated rings. The van der Waals surface area contributed by atoms with Crippen LogP contribution in [0.4, 0.5) is 15.9 Å². The van der Waals surface area contributed by atoms with E-state index in [1.54, 1.807) is 18.7 Å². The Kier molecular flexibility index (Phi) is 3.64. The number of nitrogens with one attached hydrogen (secondary N) is 1. The third-order valence-corrected chi connectivity index (χ3v) is 4.56. The highest BCUT2D eigenvalue weighted by Gasteiger charge is 2.25. The van der Waals surface area contributed by atoms with Crippen molar-refractivity contribution in [3.63, 3.8) is 0 Å². The summed E-state index contributed by atoms with van der Waals surface area (Å²) in [7, 11) is 0. The van der Waals surface area contributed by atoms with E-state index in [9.17, 15) is 4.39 Å². The molecule has 0 spiro atoms. The van der Waals surface area contributed by atoms with E-state index in [1.165, 1.54) is 18.2 Å². The Morgan fingerprint density at radius 1 is 1.19 bits per heavy atom. The maximum atomic E-state index is 14.3. The number of hydrogen-bond donors (Lipinski definition) is 1. The summed E-state index contributed by atoms with van der Waals surface area (Å²) in [5.41, 5.74) is 2.49. The number of nitrogens with zero attached hydrogens (tertiary/aromatic N) is 5. The first-order valence-corrected chi connectivity index (χ1v) is 8.59. The molecule has 0 aliphatic carbocycles. The number of aromatic amines is 1. The second-order valence-corrected chi connectivity index (χ2v) is 6.37. The number of benzene rings is 1. The van der Waals surface area contributed by atoms with Crippen LogP contribution in [0, 0.1) is 5.82 Å². The minimum absolute atomic E-state index is 0.234. The highest BCUT2D eigenvalue weighted by Crippen LogP contribution is 2.38. The number of pyridine rings is 1. The second kappa shape index (κ2) is 6.17. The number of halogens is 2. The summed E-state index contributed by atoms with van der Waals surface area (Å²) < 4.78 is 20.0. The molecule has 1 aliphatic rings. The molecule has 1 aliphatic heterocycles. The summed E-state index contributed by atoms with van der Waals surface area (Å²) in [6, 6.07) is 6.16. The van der Waals surface area contributed by atoms with Gasteiger partial charge in [-0.05, 0) is 24.3 Å². The Hall–Kier alpha value is -3.26. The van der Waals surface area contributed by atoms with Crippen molar-refractivity contribution in [3.8, 4) is 17.1 Å². The van der Waals surface area contributed by atoms with Crippen LogP contribution in [0.15, 0.2) is 43.0 Å². The van der Waals surface area contributed by atoms with Crippen molar-refractivity contribution in [3.05, 3.63) is 53.8 Å². The van der Waals surface area contributed by atoms with E-state index in [0.717, 1.165) is 11.2 Å². The van der Waals surface area contributed by atoms with Crippen molar-refractivity contribution in [2.75, 3.05) is 18.1 Å². The Morgan fingerprint density at radius 2 is 2.11 bits per heavy atom. The molecule has 27 heavy (non-hydrogen) atoms. The Morgan fingerprint density at radius 3 is 3.04 bits per heavy atom. The van der Waals surface area contributed by atoms with Gasteiger partial charge < -0.3 is 14.6 Å². The molecule has 0 atom stereocenters. The average molecular weight is 383 g/mol. The van der Waals surface area contributed by atoms with Gasteiger partial charge in [0.25, 0.3) is 0 Å². The maximum absolute atomic E-state index is 14.3. The fourth-order valence-corrected chi connectivity index (χ4v) is 3.28. The molecule has 1 aromatic carbocycles. The Labute approximate surface area is 157 Å². The first kappa shape index (κ1) is 16.0. The van der Waals surface area contributed by atoms with Gasteiger partial charge in [-0.25, -0.2) is 24.3 Å². The highest BCUT2D eigenvalue weighted by atomic mass is 35.5. The van der Waals surface area contributed by atoms with E-state index < -0.39 is 5.82 Å². The van der Waals surface area contributed by atoms with Crippen LogP contribution in [0.3, 0.4) is 0 Å². The quantitative estimate of drug-likeness (QED) is 0.569. The van der Waals surface area contributed by atoms with Gasteiger partial charge in [0.05, 0.1) is 30.3 Å². The molecule has 9 heteroatoms. The minimum atomic E-state index is -0.442. The fraction of sp³-hybridized carbons (Fsp3) is 0.111. The molecule has 0 radical (unpaired) electrons. The van der Waals surface area contributed by atoms with Gasteiger partial charge in [0.1, 0.15) is 17.9 Å². The number of hydrogen-bond acceptors (Lipinski definition) is 6. The normalized spacial score (nSPS) is 13.5. The van der Waals surface area contributed by atoms with Crippen LogP contribution in [-0.4, -0.2) is 38.1 Å². The Bertz CT molecular complexity index is 1160. The SMILES string of the molecule is Fc1ccc(Cl)cc1-c1ncc2c(n1)N(c1ccnc3nc[nH]c13)CCO2. The molecule has 0 saturated carbocycles. The second-order valence-electron chi connectivity index (χ2n) is 5.94. The van der Waals surface area contributed by atoms with Crippen molar-refractivity contribution in [1.29, 1.82) is 0 Å². The number of rotatable bonds is 2. The van der Waals surface area contributed by atoms with Crippen LogP contribution < -0.4 is 9.64 Å². The van der Waals surface area contributed by atoms with Crippen LogP contribution in [-0.2, 0) is 0 Å². The topological polar surface area (TPSA) is 79.8 Å². The summed E-state index contributed by atoms with van der Waals surface area (Å²) in [4.78, 5) is 22.3. The molecule has 4 aromatic rings. The lowest BCUT2D eigenvalue weighted by Gasteiger charge is -2.30. The molecular weight excluding hydrogens is 371 g/mol. The summed E-state index contributed by atoms with van der Waals surface area (Å²) in [6.07, 6.45) is 4.83. The van der Waals surface area contributed by atoms with Gasteiger partial charge in [-0.1, -0.05) is 11.6 Å². The predicted molar refractivity (Wildman–Crippen MR) is 98.8 cm³/mol. The predicted octanol–water partition coefficient (Wildman–Crippen LogP) is 3.74. The number of fused-ring (bicyclic) bond motifs is 2. The zero-order chi connectivity index (χ0) is 18.4. The van der Waals surface area contributed by atoms with Gasteiger partial charge in [-0.3, -0.25) is 0 Å². The molecule has 0 saturated heterocycles. The van der Waals surface area contributed by atoms with Gasteiger partial charge in [0, 0.05) is 11.2 Å². The molecule has 0 bridgehead atoms. The summed E-state index contributed by atoms with van der Waals surface area (Å²) in [5.74, 6) is 0.867. The largest absolute Gasteiger partial charge is 0.486 e. The molecule has 3 aromatic heterocycles. The van der Waals surface area contributed by atoms with Gasteiger partial charge in [0.2, 0.25) is 0 Å². The van der Waals surface area contributed by atoms with Crippen LogP contribution in [0.2, 0.25) is 5.02 Å². The van der Waals surface area contributed by atoms with Gasteiger partial charge in [-0.15, -0.1) is 0 Å². The fourth-order valence-electron chi connectivity index (χ4n) is 3.10. The summed E-state index contributed by atoms with van der Waals surface area (Å²) in [5, 5.41) is 0.411. The molecule has 0 unspecified atom stereocenters. The number of ether oxygens (including phenoxy) is 1.